The lowest BCUT2D eigenvalue weighted by molar-refractivity contribution is -0.116. The Morgan fingerprint density at radius 3 is 2.88 bits per heavy atom. The average Bonchev–Trinajstić information content (AvgIpc) is 3.30. The highest BCUT2D eigenvalue weighted by Gasteiger charge is 2.13. The van der Waals surface area contributed by atoms with E-state index in [4.69, 9.17) is 0 Å². The molecule has 26 heavy (non-hydrogen) atoms. The van der Waals surface area contributed by atoms with Crippen LogP contribution in [0, 0.1) is 0 Å². The first-order chi connectivity index (χ1) is 12.5. The van der Waals surface area contributed by atoms with E-state index in [1.165, 1.54) is 17.7 Å². The summed E-state index contributed by atoms with van der Waals surface area (Å²) in [7, 11) is 3.01. The summed E-state index contributed by atoms with van der Waals surface area (Å²) >= 11 is 1.57. The molecule has 0 aromatic carbocycles. The number of carbonyl (C=O) groups excluding carboxylic acids is 1. The van der Waals surface area contributed by atoms with Crippen LogP contribution in [-0.2, 0) is 25.3 Å². The number of hydrogen-bond donors (Lipinski definition) is 2. The highest BCUT2D eigenvalue weighted by Crippen LogP contribution is 2.10. The van der Waals surface area contributed by atoms with Gasteiger partial charge in [-0.3, -0.25) is 18.7 Å². The maximum Gasteiger partial charge on any atom is 0.332 e. The first-order valence-corrected chi connectivity index (χ1v) is 8.99. The molecule has 136 valence electrons. The van der Waals surface area contributed by atoms with Gasteiger partial charge in [-0.1, -0.05) is 6.07 Å². The molecule has 1 amide bonds. The van der Waals surface area contributed by atoms with Crippen LogP contribution in [0.5, 0.6) is 0 Å². The molecule has 3 aromatic rings. The van der Waals surface area contributed by atoms with Crippen molar-refractivity contribution in [1.82, 2.24) is 24.4 Å². The van der Waals surface area contributed by atoms with Crippen LogP contribution in [0.3, 0.4) is 0 Å². The predicted octanol–water partition coefficient (Wildman–Crippen LogP) is 0.784. The van der Waals surface area contributed by atoms with Crippen molar-refractivity contribution in [1.29, 1.82) is 0 Å². The van der Waals surface area contributed by atoms with Crippen LogP contribution in [0.2, 0.25) is 0 Å². The number of hydrogen-bond acceptors (Lipinski definition) is 5. The third kappa shape index (κ3) is 3.67. The Hall–Kier alpha value is -2.94. The smallest absolute Gasteiger partial charge is 0.332 e. The van der Waals surface area contributed by atoms with Crippen molar-refractivity contribution in [2.75, 3.05) is 6.54 Å². The van der Waals surface area contributed by atoms with E-state index >= 15 is 0 Å². The number of nitrogens with zero attached hydrogens (tertiary/aromatic N) is 3. The van der Waals surface area contributed by atoms with Crippen LogP contribution in [0.25, 0.3) is 17.2 Å². The average molecular weight is 373 g/mol. The van der Waals surface area contributed by atoms with Crippen molar-refractivity contribution in [3.05, 3.63) is 55.1 Å². The molecule has 0 aliphatic carbocycles. The molecular weight excluding hydrogens is 354 g/mol. The molecule has 2 N–H and O–H groups in total. The van der Waals surface area contributed by atoms with Crippen molar-refractivity contribution >= 4 is 34.5 Å². The zero-order chi connectivity index (χ0) is 18.7. The normalized spacial score (nSPS) is 11.5. The minimum atomic E-state index is -0.412. The Morgan fingerprint density at radius 1 is 1.35 bits per heavy atom. The van der Waals surface area contributed by atoms with E-state index in [2.05, 4.69) is 15.3 Å². The summed E-state index contributed by atoms with van der Waals surface area (Å²) in [6.45, 7) is 0.488. The summed E-state index contributed by atoms with van der Waals surface area (Å²) in [5, 5.41) is 4.76. The first kappa shape index (κ1) is 17.9. The molecule has 0 aliphatic heterocycles. The molecule has 0 saturated carbocycles. The van der Waals surface area contributed by atoms with E-state index < -0.39 is 11.2 Å². The standard InChI is InChI=1S/C17H19N5O3S/c1-21-15-14(16(24)22(2)17(21)25)19-12(20-15)6-3-9-18-13(23)8-7-11-5-4-10-26-11/h4-5,7-8,10H,3,6,9H2,1-2H3,(H,18,23)(H,19,20)/b8-7+. The van der Waals surface area contributed by atoms with Gasteiger partial charge >= 0.3 is 5.69 Å². The fourth-order valence-corrected chi connectivity index (χ4v) is 3.18. The largest absolute Gasteiger partial charge is 0.353 e. The van der Waals surface area contributed by atoms with Crippen LogP contribution >= 0.6 is 11.3 Å². The van der Waals surface area contributed by atoms with Crippen molar-refractivity contribution < 1.29 is 4.79 Å². The molecule has 0 spiro atoms. The van der Waals surface area contributed by atoms with Crippen molar-refractivity contribution in [3.8, 4) is 0 Å². The molecule has 0 fully saturated rings. The van der Waals surface area contributed by atoms with Gasteiger partial charge < -0.3 is 10.3 Å². The predicted molar refractivity (Wildman–Crippen MR) is 101 cm³/mol. The molecule has 0 radical (unpaired) electrons. The number of nitrogens with one attached hydrogen (secondary N) is 2. The lowest BCUT2D eigenvalue weighted by Crippen LogP contribution is -2.36. The number of amides is 1. The van der Waals surface area contributed by atoms with Crippen LogP contribution in [0.15, 0.2) is 33.2 Å². The van der Waals surface area contributed by atoms with Crippen molar-refractivity contribution in [3.63, 3.8) is 0 Å². The number of fused-ring (bicyclic) bond motifs is 1. The second-order valence-corrected chi connectivity index (χ2v) is 6.81. The molecule has 3 rings (SSSR count). The fraction of sp³-hybridized carbons (Fsp3) is 0.294. The molecule has 0 aliphatic rings. The van der Waals surface area contributed by atoms with E-state index in [1.807, 2.05) is 17.5 Å². The number of thiophene rings is 1. The molecule has 0 bridgehead atoms. The summed E-state index contributed by atoms with van der Waals surface area (Å²) < 4.78 is 2.39. The molecule has 8 nitrogen and oxygen atoms in total. The van der Waals surface area contributed by atoms with E-state index in [0.29, 0.717) is 36.4 Å². The summed E-state index contributed by atoms with van der Waals surface area (Å²) in [4.78, 5) is 44.1. The van der Waals surface area contributed by atoms with Gasteiger partial charge in [-0.25, -0.2) is 9.78 Å². The Bertz CT molecular complexity index is 1070. The second kappa shape index (κ2) is 7.52. The Balaban J connectivity index is 1.58. The van der Waals surface area contributed by atoms with Crippen molar-refractivity contribution in [2.45, 2.75) is 12.8 Å². The lowest BCUT2D eigenvalue weighted by atomic mass is 10.3. The number of aromatic amines is 1. The van der Waals surface area contributed by atoms with E-state index in [-0.39, 0.29) is 5.91 Å². The number of imidazole rings is 1. The SMILES string of the molecule is Cn1c(=O)c2[nH]c(CCCNC(=O)/C=C/c3cccs3)nc2n(C)c1=O. The Kier molecular flexibility index (Phi) is 5.17. The number of aromatic nitrogens is 4. The van der Waals surface area contributed by atoms with Gasteiger partial charge in [0, 0.05) is 38.0 Å². The number of H-pyrrole nitrogens is 1. The molecule has 0 atom stereocenters. The molecule has 9 heteroatoms. The Morgan fingerprint density at radius 2 is 2.15 bits per heavy atom. The van der Waals surface area contributed by atoms with Crippen molar-refractivity contribution in [2.24, 2.45) is 14.1 Å². The second-order valence-electron chi connectivity index (χ2n) is 5.83. The lowest BCUT2D eigenvalue weighted by Gasteiger charge is -2.00. The quantitative estimate of drug-likeness (QED) is 0.492. The molecule has 0 saturated heterocycles. The van der Waals surface area contributed by atoms with Gasteiger partial charge in [0.05, 0.1) is 0 Å². The highest BCUT2D eigenvalue weighted by molar-refractivity contribution is 7.10. The highest BCUT2D eigenvalue weighted by atomic mass is 32.1. The summed E-state index contributed by atoms with van der Waals surface area (Å²) in [5.74, 6) is 0.459. The summed E-state index contributed by atoms with van der Waals surface area (Å²) in [5.41, 5.74) is -0.150. The Labute approximate surface area is 152 Å². The monoisotopic (exact) mass is 373 g/mol. The topological polar surface area (TPSA) is 102 Å². The van der Waals surface area contributed by atoms with Gasteiger partial charge in [-0.15, -0.1) is 11.3 Å². The zero-order valence-electron chi connectivity index (χ0n) is 14.5. The van der Waals surface area contributed by atoms with Gasteiger partial charge in [-0.05, 0) is 23.9 Å². The van der Waals surface area contributed by atoms with Gasteiger partial charge in [0.25, 0.3) is 5.56 Å². The van der Waals surface area contributed by atoms with Crippen LogP contribution < -0.4 is 16.6 Å². The minimum Gasteiger partial charge on any atom is -0.353 e. The first-order valence-electron chi connectivity index (χ1n) is 8.11. The third-order valence-corrected chi connectivity index (χ3v) is 4.81. The zero-order valence-corrected chi connectivity index (χ0v) is 15.3. The van der Waals surface area contributed by atoms with Crippen LogP contribution in [-0.4, -0.2) is 31.6 Å². The van der Waals surface area contributed by atoms with Gasteiger partial charge in [-0.2, -0.15) is 0 Å². The number of aryl methyl sites for hydroxylation is 2. The van der Waals surface area contributed by atoms with Crippen LogP contribution in [0.4, 0.5) is 0 Å². The summed E-state index contributed by atoms with van der Waals surface area (Å²) in [6, 6.07) is 3.87. The van der Waals surface area contributed by atoms with Gasteiger partial charge in [0.2, 0.25) is 5.91 Å². The maximum absolute atomic E-state index is 12.1. The van der Waals surface area contributed by atoms with Gasteiger partial charge in [0.15, 0.2) is 5.65 Å². The summed E-state index contributed by atoms with van der Waals surface area (Å²) in [6.07, 6.45) is 4.50. The van der Waals surface area contributed by atoms with Crippen LogP contribution in [0.1, 0.15) is 17.1 Å². The number of rotatable bonds is 6. The van der Waals surface area contributed by atoms with E-state index in [0.717, 1.165) is 9.44 Å². The molecular formula is C17H19N5O3S. The maximum atomic E-state index is 12.1. The molecule has 0 unspecified atom stereocenters. The molecule has 3 aromatic heterocycles. The third-order valence-electron chi connectivity index (χ3n) is 3.98. The van der Waals surface area contributed by atoms with Gasteiger partial charge in [0.1, 0.15) is 11.3 Å². The fourth-order valence-electron chi connectivity index (χ4n) is 2.56. The van der Waals surface area contributed by atoms with E-state index in [9.17, 15) is 14.4 Å². The van der Waals surface area contributed by atoms with E-state index in [1.54, 1.807) is 24.5 Å². The minimum absolute atomic E-state index is 0.153. The number of carbonyl (C=O) groups is 1. The molecule has 3 heterocycles.